The lowest BCUT2D eigenvalue weighted by Crippen LogP contribution is -2.20. The fourth-order valence-corrected chi connectivity index (χ4v) is 9.33. The molecule has 0 N–H and O–H groups in total. The average molecular weight is 807 g/mol. The summed E-state index contributed by atoms with van der Waals surface area (Å²) in [7, 11) is 0. The van der Waals surface area contributed by atoms with Crippen molar-refractivity contribution in [3.8, 4) is 39.1 Å². The second kappa shape index (κ2) is 14.9. The van der Waals surface area contributed by atoms with Gasteiger partial charge < -0.3 is 4.90 Å². The van der Waals surface area contributed by atoms with Gasteiger partial charge in [0.25, 0.3) is 5.56 Å². The Balaban J connectivity index is 1.00. The lowest BCUT2D eigenvalue weighted by atomic mass is 10.0. The van der Waals surface area contributed by atoms with Crippen LogP contribution in [0.15, 0.2) is 235 Å². The van der Waals surface area contributed by atoms with Gasteiger partial charge in [-0.2, -0.15) is 0 Å². The maximum absolute atomic E-state index is 14.8. The van der Waals surface area contributed by atoms with Crippen molar-refractivity contribution < 1.29 is 0 Å². The highest BCUT2D eigenvalue weighted by Crippen LogP contribution is 2.40. The summed E-state index contributed by atoms with van der Waals surface area (Å²) in [6.07, 6.45) is 0. The predicted molar refractivity (Wildman–Crippen MR) is 262 cm³/mol. The summed E-state index contributed by atoms with van der Waals surface area (Å²) in [5.74, 6) is 0. The number of para-hydroxylation sites is 2. The summed E-state index contributed by atoms with van der Waals surface area (Å²) in [6.45, 7) is 0. The van der Waals surface area contributed by atoms with Crippen LogP contribution in [0.5, 0.6) is 0 Å². The molecular formula is C58H38N4O. The number of rotatable bonds is 7. The Bertz CT molecular complexity index is 3740. The number of hydrogen-bond acceptors (Lipinski definition) is 3. The van der Waals surface area contributed by atoms with Crippen molar-refractivity contribution in [2.45, 2.75) is 0 Å². The molecule has 0 fully saturated rings. The Morgan fingerprint density at radius 2 is 0.841 bits per heavy atom. The van der Waals surface area contributed by atoms with Crippen LogP contribution in [0.25, 0.3) is 88.3 Å². The van der Waals surface area contributed by atoms with Crippen LogP contribution in [0.1, 0.15) is 0 Å². The smallest absolute Gasteiger partial charge is 0.263 e. The topological polar surface area (TPSA) is 42.5 Å². The van der Waals surface area contributed by atoms with Gasteiger partial charge in [-0.1, -0.05) is 164 Å². The normalized spacial score (nSPS) is 11.6. The van der Waals surface area contributed by atoms with Gasteiger partial charge in [0, 0.05) is 44.3 Å². The first-order valence-corrected chi connectivity index (χ1v) is 21.3. The predicted octanol–water partition coefficient (Wildman–Crippen LogP) is 14.6. The van der Waals surface area contributed by atoms with E-state index in [0.29, 0.717) is 5.39 Å². The molecule has 12 rings (SSSR count). The largest absolute Gasteiger partial charge is 0.310 e. The Morgan fingerprint density at radius 1 is 0.365 bits per heavy atom. The summed E-state index contributed by atoms with van der Waals surface area (Å²) < 4.78 is 4.14. The fourth-order valence-electron chi connectivity index (χ4n) is 9.33. The maximum Gasteiger partial charge on any atom is 0.263 e. The van der Waals surface area contributed by atoms with E-state index in [4.69, 9.17) is 4.98 Å². The van der Waals surface area contributed by atoms with Crippen molar-refractivity contribution in [3.05, 3.63) is 241 Å². The van der Waals surface area contributed by atoms with Gasteiger partial charge in [-0.05, 0) is 100 Å². The molecule has 0 aliphatic heterocycles. The van der Waals surface area contributed by atoms with E-state index in [1.807, 2.05) is 53.1 Å². The van der Waals surface area contributed by atoms with Gasteiger partial charge in [-0.15, -0.1) is 0 Å². The Morgan fingerprint density at radius 3 is 1.49 bits per heavy atom. The van der Waals surface area contributed by atoms with Crippen LogP contribution >= 0.6 is 0 Å². The van der Waals surface area contributed by atoms with Gasteiger partial charge in [0.05, 0.1) is 22.1 Å². The standard InChI is InChI=1S/C58H38N4O/c63-58-52-26-10-8-24-50(52)56-55(49-23-7-9-25-51(49)57-59-53-27-11-12-28-54(53)62(56)57)61(58)46-35-31-42(32-36-46)44-20-14-22-48(38-44)60(45-33-29-41(30-34-45)39-15-3-1-4-16-39)47-21-13-19-43(37-47)40-17-5-2-6-18-40/h1-38H. The number of benzene rings is 9. The van der Waals surface area contributed by atoms with E-state index in [0.717, 1.165) is 83.3 Å². The molecule has 0 radical (unpaired) electrons. The molecule has 0 aliphatic carbocycles. The minimum Gasteiger partial charge on any atom is -0.310 e. The first-order chi connectivity index (χ1) is 31.2. The quantitative estimate of drug-likeness (QED) is 0.151. The zero-order valence-corrected chi connectivity index (χ0v) is 34.1. The zero-order valence-electron chi connectivity index (χ0n) is 34.1. The van der Waals surface area contributed by atoms with Crippen molar-refractivity contribution in [2.24, 2.45) is 0 Å². The number of pyridine rings is 2. The van der Waals surface area contributed by atoms with E-state index in [2.05, 4.69) is 191 Å². The average Bonchev–Trinajstić information content (AvgIpc) is 3.75. The lowest BCUT2D eigenvalue weighted by molar-refractivity contribution is 1.06. The highest BCUT2D eigenvalue weighted by Gasteiger charge is 2.21. The van der Waals surface area contributed by atoms with Crippen molar-refractivity contribution in [1.29, 1.82) is 0 Å². The second-order valence-electron chi connectivity index (χ2n) is 16.0. The second-order valence-corrected chi connectivity index (χ2v) is 16.0. The van der Waals surface area contributed by atoms with Crippen LogP contribution in [-0.2, 0) is 0 Å². The molecule has 12 aromatic rings. The molecule has 9 aromatic carbocycles. The van der Waals surface area contributed by atoms with E-state index in [1.54, 1.807) is 0 Å². The van der Waals surface area contributed by atoms with Gasteiger partial charge in [-0.3, -0.25) is 13.8 Å². The zero-order chi connectivity index (χ0) is 41.9. The fraction of sp³-hybridized carbons (Fsp3) is 0. The van der Waals surface area contributed by atoms with Crippen molar-refractivity contribution in [1.82, 2.24) is 14.0 Å². The highest BCUT2D eigenvalue weighted by atomic mass is 16.1. The van der Waals surface area contributed by atoms with Crippen LogP contribution in [-0.4, -0.2) is 14.0 Å². The lowest BCUT2D eigenvalue weighted by Gasteiger charge is -2.27. The SMILES string of the molecule is O=c1c2ccccc2c2c(c3ccccc3c3nc4ccccc4n32)n1-c1ccc(-c2cccc(N(c3ccc(-c4ccccc4)cc3)c3cccc(-c4ccccc4)c3)c2)cc1. The summed E-state index contributed by atoms with van der Waals surface area (Å²) in [4.78, 5) is 22.3. The molecule has 3 aromatic heterocycles. The Kier molecular flexibility index (Phi) is 8.57. The molecule has 5 heteroatoms. The van der Waals surface area contributed by atoms with Crippen molar-refractivity contribution >= 4 is 66.3 Å². The third-order valence-electron chi connectivity index (χ3n) is 12.3. The molecule has 0 spiro atoms. The third kappa shape index (κ3) is 6.09. The van der Waals surface area contributed by atoms with Gasteiger partial charge in [0.1, 0.15) is 5.65 Å². The molecule has 63 heavy (non-hydrogen) atoms. The molecule has 3 heterocycles. The molecule has 5 nitrogen and oxygen atoms in total. The first kappa shape index (κ1) is 36.3. The van der Waals surface area contributed by atoms with Crippen LogP contribution in [0.2, 0.25) is 0 Å². The number of fused-ring (bicyclic) bond motifs is 10. The molecule has 0 bridgehead atoms. The number of aromatic nitrogens is 3. The van der Waals surface area contributed by atoms with E-state index >= 15 is 0 Å². The Hall–Kier alpha value is -8.54. The summed E-state index contributed by atoms with van der Waals surface area (Å²) >= 11 is 0. The molecule has 0 saturated heterocycles. The van der Waals surface area contributed by atoms with Crippen molar-refractivity contribution in [2.75, 3.05) is 4.90 Å². The number of hydrogen-bond donors (Lipinski definition) is 0. The van der Waals surface area contributed by atoms with Gasteiger partial charge >= 0.3 is 0 Å². The van der Waals surface area contributed by atoms with Crippen LogP contribution in [0.4, 0.5) is 17.1 Å². The monoisotopic (exact) mass is 806 g/mol. The van der Waals surface area contributed by atoms with E-state index < -0.39 is 0 Å². The molecular weight excluding hydrogens is 769 g/mol. The molecule has 0 saturated carbocycles. The number of imidazole rings is 1. The van der Waals surface area contributed by atoms with E-state index in [1.165, 1.54) is 16.7 Å². The summed E-state index contributed by atoms with van der Waals surface area (Å²) in [6, 6.07) is 80.1. The van der Waals surface area contributed by atoms with E-state index in [-0.39, 0.29) is 5.56 Å². The van der Waals surface area contributed by atoms with Crippen molar-refractivity contribution in [3.63, 3.8) is 0 Å². The van der Waals surface area contributed by atoms with Crippen LogP contribution in [0, 0.1) is 0 Å². The molecule has 0 atom stereocenters. The first-order valence-electron chi connectivity index (χ1n) is 21.3. The minimum absolute atomic E-state index is 0.0616. The third-order valence-corrected chi connectivity index (χ3v) is 12.3. The number of anilines is 3. The summed E-state index contributed by atoms with van der Waals surface area (Å²) in [5, 5.41) is 3.52. The molecule has 0 amide bonds. The van der Waals surface area contributed by atoms with Gasteiger partial charge in [0.15, 0.2) is 0 Å². The Labute approximate surface area is 363 Å². The van der Waals surface area contributed by atoms with Gasteiger partial charge in [-0.25, -0.2) is 4.98 Å². The van der Waals surface area contributed by atoms with Gasteiger partial charge in [0.2, 0.25) is 0 Å². The van der Waals surface area contributed by atoms with Crippen LogP contribution in [0.3, 0.4) is 0 Å². The van der Waals surface area contributed by atoms with Crippen LogP contribution < -0.4 is 10.5 Å². The highest BCUT2D eigenvalue weighted by molar-refractivity contribution is 6.19. The summed E-state index contributed by atoms with van der Waals surface area (Å²) in [5.41, 5.74) is 15.3. The molecule has 0 aliphatic rings. The maximum atomic E-state index is 14.8. The number of nitrogens with zero attached hydrogens (tertiary/aromatic N) is 4. The minimum atomic E-state index is -0.0616. The van der Waals surface area contributed by atoms with E-state index in [9.17, 15) is 4.79 Å². The molecule has 0 unspecified atom stereocenters. The molecule has 296 valence electrons.